The molecule has 1 rings (SSSR count). The van der Waals surface area contributed by atoms with Crippen LogP contribution >= 0.6 is 0 Å². The number of aromatic nitrogens is 2. The van der Waals surface area contributed by atoms with Gasteiger partial charge in [0.15, 0.2) is 0 Å². The van der Waals surface area contributed by atoms with Gasteiger partial charge in [-0.05, 0) is 26.2 Å². The molecule has 0 aliphatic carbocycles. The van der Waals surface area contributed by atoms with Crippen molar-refractivity contribution >= 4 is 5.95 Å². The van der Waals surface area contributed by atoms with Gasteiger partial charge in [0.2, 0.25) is 5.95 Å². The van der Waals surface area contributed by atoms with Crippen LogP contribution in [0.2, 0.25) is 0 Å². The summed E-state index contributed by atoms with van der Waals surface area (Å²) in [4.78, 5) is 4.54. The minimum atomic E-state index is 0.474. The molecule has 0 aromatic carbocycles. The fraction of sp³-hybridized carbons (Fsp3) is 0.769. The van der Waals surface area contributed by atoms with E-state index in [1.54, 1.807) is 0 Å². The van der Waals surface area contributed by atoms with Crippen LogP contribution in [0, 0.1) is 12.8 Å². The second kappa shape index (κ2) is 5.92. The summed E-state index contributed by atoms with van der Waals surface area (Å²) in [6.07, 6.45) is 4.46. The Hall–Kier alpha value is -0.990. The number of hydrogen-bond donors (Lipinski definition) is 1. The third kappa shape index (κ3) is 3.26. The fourth-order valence-corrected chi connectivity index (χ4v) is 1.77. The van der Waals surface area contributed by atoms with Crippen LogP contribution < -0.4 is 5.32 Å². The maximum atomic E-state index is 4.54. The molecule has 0 spiro atoms. The van der Waals surface area contributed by atoms with E-state index in [2.05, 4.69) is 48.8 Å². The van der Waals surface area contributed by atoms with Crippen molar-refractivity contribution in [3.63, 3.8) is 0 Å². The zero-order valence-corrected chi connectivity index (χ0v) is 11.2. The van der Waals surface area contributed by atoms with Crippen LogP contribution in [0.25, 0.3) is 0 Å². The first-order valence-corrected chi connectivity index (χ1v) is 6.38. The lowest BCUT2D eigenvalue weighted by Gasteiger charge is -2.21. The van der Waals surface area contributed by atoms with Gasteiger partial charge in [-0.2, -0.15) is 0 Å². The van der Waals surface area contributed by atoms with E-state index < -0.39 is 0 Å². The third-order valence-corrected chi connectivity index (χ3v) is 3.22. The van der Waals surface area contributed by atoms with E-state index in [1.807, 2.05) is 6.92 Å². The second-order valence-electron chi connectivity index (χ2n) is 4.72. The summed E-state index contributed by atoms with van der Waals surface area (Å²) in [6.45, 7) is 12.0. The van der Waals surface area contributed by atoms with Crippen molar-refractivity contribution in [2.45, 2.75) is 60.0 Å². The Morgan fingerprint density at radius 2 is 2.06 bits per heavy atom. The van der Waals surface area contributed by atoms with Crippen molar-refractivity contribution < 1.29 is 0 Å². The van der Waals surface area contributed by atoms with E-state index in [4.69, 9.17) is 0 Å². The van der Waals surface area contributed by atoms with Gasteiger partial charge in [-0.3, -0.25) is 0 Å². The monoisotopic (exact) mass is 223 g/mol. The number of nitrogens with one attached hydrogen (secondary N) is 1. The standard InChI is InChI=1S/C13H25N3/c1-6-8-16-9-11(4)14-13(16)15-12(5)10(3)7-2/h9-10,12H,6-8H2,1-5H3,(H,14,15). The highest BCUT2D eigenvalue weighted by atomic mass is 15.2. The minimum absolute atomic E-state index is 0.474. The first-order chi connectivity index (χ1) is 7.58. The lowest BCUT2D eigenvalue weighted by atomic mass is 10.0. The van der Waals surface area contributed by atoms with Gasteiger partial charge < -0.3 is 9.88 Å². The van der Waals surface area contributed by atoms with E-state index in [0.29, 0.717) is 12.0 Å². The van der Waals surface area contributed by atoms with E-state index >= 15 is 0 Å². The van der Waals surface area contributed by atoms with Crippen molar-refractivity contribution in [3.8, 4) is 0 Å². The van der Waals surface area contributed by atoms with Crippen molar-refractivity contribution in [2.24, 2.45) is 5.92 Å². The summed E-state index contributed by atoms with van der Waals surface area (Å²) in [5.74, 6) is 1.69. The zero-order valence-electron chi connectivity index (χ0n) is 11.2. The van der Waals surface area contributed by atoms with E-state index in [1.165, 1.54) is 6.42 Å². The van der Waals surface area contributed by atoms with Crippen molar-refractivity contribution in [2.75, 3.05) is 5.32 Å². The molecule has 1 heterocycles. The summed E-state index contributed by atoms with van der Waals surface area (Å²) < 4.78 is 2.22. The summed E-state index contributed by atoms with van der Waals surface area (Å²) in [5, 5.41) is 3.52. The molecule has 1 aromatic heterocycles. The minimum Gasteiger partial charge on any atom is -0.353 e. The molecule has 0 amide bonds. The number of rotatable bonds is 6. The van der Waals surface area contributed by atoms with Gasteiger partial charge >= 0.3 is 0 Å². The predicted molar refractivity (Wildman–Crippen MR) is 69.8 cm³/mol. The van der Waals surface area contributed by atoms with Crippen LogP contribution in [0.5, 0.6) is 0 Å². The molecule has 2 atom stereocenters. The molecule has 0 aliphatic heterocycles. The van der Waals surface area contributed by atoms with Crippen LogP contribution in [0.15, 0.2) is 6.20 Å². The van der Waals surface area contributed by atoms with E-state index in [9.17, 15) is 0 Å². The summed E-state index contributed by atoms with van der Waals surface area (Å²) >= 11 is 0. The molecule has 1 aromatic rings. The van der Waals surface area contributed by atoms with Gasteiger partial charge in [0.25, 0.3) is 0 Å². The number of anilines is 1. The molecular formula is C13H25N3. The smallest absolute Gasteiger partial charge is 0.203 e. The van der Waals surface area contributed by atoms with Crippen molar-refractivity contribution in [3.05, 3.63) is 11.9 Å². The normalized spacial score (nSPS) is 14.8. The van der Waals surface area contributed by atoms with Gasteiger partial charge in [0.05, 0.1) is 5.69 Å². The molecule has 0 saturated carbocycles. The number of aryl methyl sites for hydroxylation is 2. The van der Waals surface area contributed by atoms with Crippen LogP contribution in [0.3, 0.4) is 0 Å². The first-order valence-electron chi connectivity index (χ1n) is 6.38. The quantitative estimate of drug-likeness (QED) is 0.800. The molecule has 92 valence electrons. The number of imidazole rings is 1. The third-order valence-electron chi connectivity index (χ3n) is 3.22. The Balaban J connectivity index is 2.71. The Kier molecular flexibility index (Phi) is 4.84. The van der Waals surface area contributed by atoms with Crippen molar-refractivity contribution in [1.82, 2.24) is 9.55 Å². The van der Waals surface area contributed by atoms with E-state index in [-0.39, 0.29) is 0 Å². The molecule has 2 unspecified atom stereocenters. The SMILES string of the molecule is CCCn1cc(C)nc1NC(C)C(C)CC. The lowest BCUT2D eigenvalue weighted by Crippen LogP contribution is -2.25. The van der Waals surface area contributed by atoms with Crippen LogP contribution in [0.1, 0.15) is 46.2 Å². The molecule has 0 bridgehead atoms. The first kappa shape index (κ1) is 13.1. The molecule has 16 heavy (non-hydrogen) atoms. The number of nitrogens with zero attached hydrogens (tertiary/aromatic N) is 2. The Bertz CT molecular complexity index is 317. The van der Waals surface area contributed by atoms with Crippen molar-refractivity contribution in [1.29, 1.82) is 0 Å². The van der Waals surface area contributed by atoms with Crippen LogP contribution in [-0.2, 0) is 6.54 Å². The van der Waals surface area contributed by atoms with Gasteiger partial charge in [0.1, 0.15) is 0 Å². The molecule has 3 heteroatoms. The maximum absolute atomic E-state index is 4.54. The number of hydrogen-bond acceptors (Lipinski definition) is 2. The van der Waals surface area contributed by atoms with Gasteiger partial charge in [-0.1, -0.05) is 27.2 Å². The molecule has 0 aliphatic rings. The molecule has 3 nitrogen and oxygen atoms in total. The van der Waals surface area contributed by atoms with E-state index in [0.717, 1.165) is 24.6 Å². The van der Waals surface area contributed by atoms with Gasteiger partial charge in [-0.25, -0.2) is 4.98 Å². The van der Waals surface area contributed by atoms with Crippen LogP contribution in [-0.4, -0.2) is 15.6 Å². The average Bonchev–Trinajstić information content (AvgIpc) is 2.58. The van der Waals surface area contributed by atoms with Gasteiger partial charge in [0, 0.05) is 18.8 Å². The highest BCUT2D eigenvalue weighted by Gasteiger charge is 2.13. The summed E-state index contributed by atoms with van der Waals surface area (Å²) in [6, 6.07) is 0.474. The van der Waals surface area contributed by atoms with Crippen LogP contribution in [0.4, 0.5) is 5.95 Å². The highest BCUT2D eigenvalue weighted by Crippen LogP contribution is 2.15. The predicted octanol–water partition coefficient (Wildman–Crippen LogP) is 3.45. The zero-order chi connectivity index (χ0) is 12.1. The Morgan fingerprint density at radius 1 is 1.38 bits per heavy atom. The molecule has 0 fully saturated rings. The topological polar surface area (TPSA) is 29.9 Å². The molecular weight excluding hydrogens is 198 g/mol. The average molecular weight is 223 g/mol. The Labute approximate surface area is 99.3 Å². The fourth-order valence-electron chi connectivity index (χ4n) is 1.77. The highest BCUT2D eigenvalue weighted by molar-refractivity contribution is 5.30. The molecule has 0 radical (unpaired) electrons. The lowest BCUT2D eigenvalue weighted by molar-refractivity contribution is 0.489. The Morgan fingerprint density at radius 3 is 2.62 bits per heavy atom. The largest absolute Gasteiger partial charge is 0.353 e. The van der Waals surface area contributed by atoms with Gasteiger partial charge in [-0.15, -0.1) is 0 Å². The molecule has 0 saturated heterocycles. The summed E-state index contributed by atoms with van der Waals surface area (Å²) in [5.41, 5.74) is 1.09. The second-order valence-corrected chi connectivity index (χ2v) is 4.72. The maximum Gasteiger partial charge on any atom is 0.203 e. The molecule has 1 N–H and O–H groups in total. The summed E-state index contributed by atoms with van der Waals surface area (Å²) in [7, 11) is 0.